The number of carbonyl (C=O) groups is 2. The molecule has 1 saturated heterocycles. The van der Waals surface area contributed by atoms with Gasteiger partial charge >= 0.3 is 0 Å². The van der Waals surface area contributed by atoms with Crippen LogP contribution in [0, 0.1) is 13.8 Å². The van der Waals surface area contributed by atoms with Gasteiger partial charge in [-0.3, -0.25) is 19.3 Å². The topological polar surface area (TPSA) is 74.7 Å². The molecule has 1 aromatic heterocycles. The van der Waals surface area contributed by atoms with E-state index in [1.165, 1.54) is 10.6 Å². The molecule has 0 radical (unpaired) electrons. The zero-order valence-electron chi connectivity index (χ0n) is 16.4. The summed E-state index contributed by atoms with van der Waals surface area (Å²) in [7, 11) is 0. The van der Waals surface area contributed by atoms with Gasteiger partial charge in [-0.25, -0.2) is 0 Å². The minimum Gasteiger partial charge on any atom is -0.339 e. The van der Waals surface area contributed by atoms with Crippen molar-refractivity contribution in [1.29, 1.82) is 0 Å². The maximum absolute atomic E-state index is 12.4. The standard InChI is InChI=1S/C21H26N4O3/c1-16-6-5-7-18(17(16)2)22-19(26)14-23-10-12-24(13-11-23)21(28)15-25-9-4-3-8-20(25)27/h3-9H,10-15H2,1-2H3,(H,22,26). The molecule has 1 aromatic carbocycles. The Labute approximate surface area is 164 Å². The number of pyridine rings is 1. The summed E-state index contributed by atoms with van der Waals surface area (Å²) >= 11 is 0. The van der Waals surface area contributed by atoms with E-state index < -0.39 is 0 Å². The molecule has 2 amide bonds. The average Bonchev–Trinajstić information content (AvgIpc) is 2.68. The quantitative estimate of drug-likeness (QED) is 0.845. The minimum atomic E-state index is -0.183. The van der Waals surface area contributed by atoms with E-state index in [9.17, 15) is 14.4 Å². The number of carbonyl (C=O) groups excluding carboxylic acids is 2. The molecule has 2 heterocycles. The van der Waals surface area contributed by atoms with E-state index in [0.717, 1.165) is 16.8 Å². The van der Waals surface area contributed by atoms with Crippen LogP contribution < -0.4 is 10.9 Å². The highest BCUT2D eigenvalue weighted by Gasteiger charge is 2.22. The van der Waals surface area contributed by atoms with Crippen LogP contribution in [0.1, 0.15) is 11.1 Å². The Morgan fingerprint density at radius 3 is 2.43 bits per heavy atom. The number of benzene rings is 1. The SMILES string of the molecule is Cc1cccc(NC(=O)CN2CCN(C(=O)Cn3ccccc3=O)CC2)c1C. The third-order valence-corrected chi connectivity index (χ3v) is 5.18. The fourth-order valence-electron chi connectivity index (χ4n) is 3.27. The van der Waals surface area contributed by atoms with Crippen LogP contribution in [0.4, 0.5) is 5.69 Å². The zero-order chi connectivity index (χ0) is 20.1. The van der Waals surface area contributed by atoms with Gasteiger partial charge in [0.25, 0.3) is 5.56 Å². The molecular formula is C21H26N4O3. The highest BCUT2D eigenvalue weighted by atomic mass is 16.2. The molecule has 1 aliphatic rings. The van der Waals surface area contributed by atoms with Crippen molar-refractivity contribution in [3.63, 3.8) is 0 Å². The van der Waals surface area contributed by atoms with Gasteiger partial charge in [0.05, 0.1) is 6.54 Å². The van der Waals surface area contributed by atoms with Crippen molar-refractivity contribution < 1.29 is 9.59 Å². The first-order chi connectivity index (χ1) is 13.4. The second-order valence-corrected chi connectivity index (χ2v) is 7.12. The number of amides is 2. The van der Waals surface area contributed by atoms with Crippen LogP contribution in [0.25, 0.3) is 0 Å². The molecule has 3 rings (SSSR count). The van der Waals surface area contributed by atoms with E-state index in [-0.39, 0.29) is 23.9 Å². The predicted octanol–water partition coefficient (Wildman–Crippen LogP) is 1.25. The van der Waals surface area contributed by atoms with Crippen LogP contribution in [0.2, 0.25) is 0 Å². The number of aryl methyl sites for hydroxylation is 1. The normalized spacial score (nSPS) is 14.7. The fraction of sp³-hybridized carbons (Fsp3) is 0.381. The summed E-state index contributed by atoms with van der Waals surface area (Å²) in [6, 6.07) is 10.7. The van der Waals surface area contributed by atoms with Crippen LogP contribution in [-0.2, 0) is 16.1 Å². The monoisotopic (exact) mass is 382 g/mol. The Hall–Kier alpha value is -2.93. The highest BCUT2D eigenvalue weighted by molar-refractivity contribution is 5.93. The molecule has 0 unspecified atom stereocenters. The van der Waals surface area contributed by atoms with E-state index >= 15 is 0 Å². The molecule has 0 bridgehead atoms. The zero-order valence-corrected chi connectivity index (χ0v) is 16.4. The number of nitrogens with zero attached hydrogens (tertiary/aromatic N) is 3. The lowest BCUT2D eigenvalue weighted by Crippen LogP contribution is -2.51. The third kappa shape index (κ3) is 4.86. The van der Waals surface area contributed by atoms with Gasteiger partial charge in [-0.2, -0.15) is 0 Å². The molecule has 148 valence electrons. The van der Waals surface area contributed by atoms with Crippen LogP contribution >= 0.6 is 0 Å². The number of aromatic nitrogens is 1. The summed E-state index contributed by atoms with van der Waals surface area (Å²) < 4.78 is 1.41. The van der Waals surface area contributed by atoms with Crippen molar-refractivity contribution in [3.05, 3.63) is 64.1 Å². The molecule has 7 nitrogen and oxygen atoms in total. The van der Waals surface area contributed by atoms with Gasteiger partial charge < -0.3 is 14.8 Å². The van der Waals surface area contributed by atoms with Gasteiger partial charge in [0.1, 0.15) is 6.54 Å². The lowest BCUT2D eigenvalue weighted by atomic mass is 10.1. The smallest absolute Gasteiger partial charge is 0.250 e. The largest absolute Gasteiger partial charge is 0.339 e. The number of nitrogens with one attached hydrogen (secondary N) is 1. The van der Waals surface area contributed by atoms with Gasteiger partial charge in [-0.05, 0) is 37.1 Å². The molecule has 0 atom stereocenters. The summed E-state index contributed by atoms with van der Waals surface area (Å²) in [4.78, 5) is 40.3. The molecule has 28 heavy (non-hydrogen) atoms. The molecule has 0 saturated carbocycles. The van der Waals surface area contributed by atoms with Crippen molar-refractivity contribution in [2.24, 2.45) is 0 Å². The van der Waals surface area contributed by atoms with Gasteiger partial charge in [0, 0.05) is 44.1 Å². The van der Waals surface area contributed by atoms with Crippen LogP contribution in [-0.4, -0.2) is 58.9 Å². The second-order valence-electron chi connectivity index (χ2n) is 7.12. The Bertz CT molecular complexity index is 914. The molecular weight excluding hydrogens is 356 g/mol. The molecule has 1 N–H and O–H groups in total. The average molecular weight is 382 g/mol. The summed E-state index contributed by atoms with van der Waals surface area (Å²) in [5, 5.41) is 2.97. The van der Waals surface area contributed by atoms with Crippen molar-refractivity contribution in [2.75, 3.05) is 38.0 Å². The van der Waals surface area contributed by atoms with Gasteiger partial charge in [0.2, 0.25) is 11.8 Å². The predicted molar refractivity (Wildman–Crippen MR) is 108 cm³/mol. The second kappa shape index (κ2) is 8.84. The number of hydrogen-bond donors (Lipinski definition) is 1. The summed E-state index contributed by atoms with van der Waals surface area (Å²) in [5.41, 5.74) is 2.87. The van der Waals surface area contributed by atoms with E-state index in [1.54, 1.807) is 23.2 Å². The molecule has 7 heteroatoms. The van der Waals surface area contributed by atoms with Gasteiger partial charge in [-0.1, -0.05) is 18.2 Å². The Morgan fingerprint density at radius 1 is 0.964 bits per heavy atom. The molecule has 1 fully saturated rings. The lowest BCUT2D eigenvalue weighted by molar-refractivity contribution is -0.133. The van der Waals surface area contributed by atoms with Crippen molar-refractivity contribution in [2.45, 2.75) is 20.4 Å². The Balaban J connectivity index is 1.48. The third-order valence-electron chi connectivity index (χ3n) is 5.18. The lowest BCUT2D eigenvalue weighted by Gasteiger charge is -2.34. The van der Waals surface area contributed by atoms with Crippen LogP contribution in [0.5, 0.6) is 0 Å². The summed E-state index contributed by atoms with van der Waals surface area (Å²) in [6.45, 7) is 6.73. The van der Waals surface area contributed by atoms with Crippen molar-refractivity contribution in [3.8, 4) is 0 Å². The van der Waals surface area contributed by atoms with Crippen molar-refractivity contribution >= 4 is 17.5 Å². The maximum atomic E-state index is 12.4. The first-order valence-electron chi connectivity index (χ1n) is 9.45. The van der Waals surface area contributed by atoms with E-state index in [1.807, 2.05) is 36.9 Å². The Morgan fingerprint density at radius 2 is 1.71 bits per heavy atom. The van der Waals surface area contributed by atoms with Crippen molar-refractivity contribution in [1.82, 2.24) is 14.4 Å². The summed E-state index contributed by atoms with van der Waals surface area (Å²) in [6.07, 6.45) is 1.62. The van der Waals surface area contributed by atoms with E-state index in [2.05, 4.69) is 5.32 Å². The van der Waals surface area contributed by atoms with E-state index in [4.69, 9.17) is 0 Å². The molecule has 1 aliphatic heterocycles. The first-order valence-corrected chi connectivity index (χ1v) is 9.45. The summed E-state index contributed by atoms with van der Waals surface area (Å²) in [5.74, 6) is -0.128. The maximum Gasteiger partial charge on any atom is 0.250 e. The fourth-order valence-corrected chi connectivity index (χ4v) is 3.27. The number of hydrogen-bond acceptors (Lipinski definition) is 4. The number of anilines is 1. The highest BCUT2D eigenvalue weighted by Crippen LogP contribution is 2.17. The van der Waals surface area contributed by atoms with Crippen LogP contribution in [0.15, 0.2) is 47.4 Å². The first kappa shape index (κ1) is 19.8. The number of piperazine rings is 1. The Kier molecular flexibility index (Phi) is 6.26. The molecule has 0 spiro atoms. The van der Waals surface area contributed by atoms with Gasteiger partial charge in [-0.15, -0.1) is 0 Å². The van der Waals surface area contributed by atoms with Crippen LogP contribution in [0.3, 0.4) is 0 Å². The molecule has 2 aromatic rings. The molecule has 0 aliphatic carbocycles. The van der Waals surface area contributed by atoms with Gasteiger partial charge in [0.15, 0.2) is 0 Å². The van der Waals surface area contributed by atoms with E-state index in [0.29, 0.717) is 32.7 Å². The number of rotatable bonds is 5. The minimum absolute atomic E-state index is 0.0484.